The minimum absolute atomic E-state index is 0.453. The van der Waals surface area contributed by atoms with Gasteiger partial charge < -0.3 is 27.9 Å². The van der Waals surface area contributed by atoms with Gasteiger partial charge in [-0.2, -0.15) is 0 Å². The molecule has 3 aromatic rings. The topological polar surface area (TPSA) is 77.4 Å². The van der Waals surface area contributed by atoms with Gasteiger partial charge in [-0.1, -0.05) is 84.9 Å². The summed E-state index contributed by atoms with van der Waals surface area (Å²) >= 11 is 0. The number of aliphatic hydroxyl groups excluding tert-OH is 2. The first kappa shape index (κ1) is 22.5. The highest BCUT2D eigenvalue weighted by Gasteiger charge is 2.44. The maximum absolute atomic E-state index is 9.57. The molecule has 0 amide bonds. The molecular weight excluding hydrogens is 416 g/mol. The van der Waals surface area contributed by atoms with Crippen molar-refractivity contribution >= 4 is 37.9 Å². The van der Waals surface area contributed by atoms with Crippen LogP contribution < -0.4 is 20.7 Å². The average Bonchev–Trinajstić information content (AvgIpc) is 2.82. The molecule has 0 saturated carbocycles. The zero-order valence-corrected chi connectivity index (χ0v) is 19.0. The van der Waals surface area contributed by atoms with E-state index in [4.69, 9.17) is 17.7 Å². The molecule has 0 fully saturated rings. The van der Waals surface area contributed by atoms with Crippen molar-refractivity contribution in [3.63, 3.8) is 0 Å². The predicted octanol–water partition coefficient (Wildman–Crippen LogP) is 0.0250. The normalized spacial score (nSPS) is 15.3. The summed E-state index contributed by atoms with van der Waals surface area (Å²) in [5, 5.41) is 22.6. The molecule has 0 aliphatic carbocycles. The highest BCUT2D eigenvalue weighted by atomic mass is 28.4. The molecule has 0 heterocycles. The quantitative estimate of drug-likeness (QED) is 0.341. The fraction of sp³-hybridized carbons (Fsp3) is 0.182. The minimum atomic E-state index is -3.08. The van der Waals surface area contributed by atoms with E-state index in [2.05, 4.69) is 0 Å². The van der Waals surface area contributed by atoms with Crippen LogP contribution in [-0.4, -0.2) is 55.1 Å². The van der Waals surface area contributed by atoms with E-state index < -0.39 is 30.7 Å². The predicted molar refractivity (Wildman–Crippen MR) is 120 cm³/mol. The van der Waals surface area contributed by atoms with Crippen molar-refractivity contribution in [3.05, 3.63) is 84.9 Å². The van der Waals surface area contributed by atoms with Gasteiger partial charge >= 0.3 is 17.1 Å². The minimum Gasteiger partial charge on any atom is -0.391 e. The molecule has 2 atom stereocenters. The third-order valence-electron chi connectivity index (χ3n) is 5.06. The molecule has 6 nitrogen and oxygen atoms in total. The number of benzene rings is 3. The van der Waals surface area contributed by atoms with Crippen molar-refractivity contribution in [3.8, 4) is 0 Å². The summed E-state index contributed by atoms with van der Waals surface area (Å²) in [5.74, 6) is 0. The lowest BCUT2D eigenvalue weighted by molar-refractivity contribution is 0.0691. The fourth-order valence-corrected chi connectivity index (χ4v) is 9.01. The number of aliphatic hydroxyl groups is 2. The molecule has 3 aromatic carbocycles. The summed E-state index contributed by atoms with van der Waals surface area (Å²) in [7, 11) is -2.97. The molecule has 0 radical (unpaired) electrons. The van der Waals surface area contributed by atoms with Crippen LogP contribution in [-0.2, 0) is 17.7 Å². The lowest BCUT2D eigenvalue weighted by Crippen LogP contribution is -2.65. The van der Waals surface area contributed by atoms with E-state index in [1.165, 1.54) is 0 Å². The number of hydrogen-bond acceptors (Lipinski definition) is 6. The monoisotopic (exact) mass is 442 g/mol. The molecule has 0 bridgehead atoms. The molecule has 0 aliphatic heterocycles. The summed E-state index contributed by atoms with van der Waals surface area (Å²) < 4.78 is 23.4. The lowest BCUT2D eigenvalue weighted by atomic mass is 10.3. The zero-order valence-electron chi connectivity index (χ0n) is 17.0. The van der Waals surface area contributed by atoms with Crippen LogP contribution in [0.2, 0.25) is 0 Å². The van der Waals surface area contributed by atoms with Crippen molar-refractivity contribution in [2.24, 2.45) is 0 Å². The summed E-state index contributed by atoms with van der Waals surface area (Å²) in [4.78, 5) is 0. The third kappa shape index (κ3) is 4.17. The van der Waals surface area contributed by atoms with Crippen molar-refractivity contribution in [1.29, 1.82) is 0 Å². The molecule has 0 aliphatic rings. The Kier molecular flexibility index (Phi) is 7.70. The Morgan fingerprint density at radius 2 is 0.833 bits per heavy atom. The van der Waals surface area contributed by atoms with Gasteiger partial charge in [-0.05, 0) is 20.7 Å². The standard InChI is InChI=1S/C22H26O6Si2/c1-25-29(27-17-23,19-9-5-3-6-10-19)21-13-15-22(16-14-21)30(26-2,28-18-24)20-11-7-4-8-12-20/h3-16,23-24H,17-18H2,1-2H3. The van der Waals surface area contributed by atoms with Gasteiger partial charge in [0, 0.05) is 14.2 Å². The Balaban J connectivity index is 2.09. The van der Waals surface area contributed by atoms with Crippen molar-refractivity contribution in [1.82, 2.24) is 0 Å². The number of rotatable bonds is 10. The molecule has 2 unspecified atom stereocenters. The van der Waals surface area contributed by atoms with E-state index in [1.807, 2.05) is 84.9 Å². The van der Waals surface area contributed by atoms with Crippen LogP contribution in [0, 0.1) is 0 Å². The molecule has 0 saturated heterocycles. The summed E-state index contributed by atoms with van der Waals surface area (Å²) in [6.07, 6.45) is 0. The third-order valence-corrected chi connectivity index (χ3v) is 11.7. The van der Waals surface area contributed by atoms with Crippen LogP contribution in [0.1, 0.15) is 0 Å². The van der Waals surface area contributed by atoms with Crippen molar-refractivity contribution in [2.45, 2.75) is 0 Å². The SMILES string of the molecule is CO[Si](OCO)(c1ccccc1)c1ccc([Si](OC)(OCO)c2ccccc2)cc1. The van der Waals surface area contributed by atoms with Crippen LogP contribution in [0.5, 0.6) is 0 Å². The van der Waals surface area contributed by atoms with Gasteiger partial charge in [0.1, 0.15) is 13.6 Å². The number of hydrogen-bond donors (Lipinski definition) is 2. The molecular formula is C22H26O6Si2. The Bertz CT molecular complexity index is 833. The van der Waals surface area contributed by atoms with Gasteiger partial charge in [0.2, 0.25) is 0 Å². The van der Waals surface area contributed by atoms with Crippen molar-refractivity contribution in [2.75, 3.05) is 27.8 Å². The van der Waals surface area contributed by atoms with Crippen LogP contribution in [0.25, 0.3) is 0 Å². The molecule has 30 heavy (non-hydrogen) atoms. The van der Waals surface area contributed by atoms with Gasteiger partial charge in [-0.25, -0.2) is 0 Å². The van der Waals surface area contributed by atoms with Crippen LogP contribution in [0.4, 0.5) is 0 Å². The van der Waals surface area contributed by atoms with Gasteiger partial charge in [-0.3, -0.25) is 0 Å². The first-order valence-corrected chi connectivity index (χ1v) is 13.1. The highest BCUT2D eigenvalue weighted by molar-refractivity contribution is 6.94. The van der Waals surface area contributed by atoms with Crippen LogP contribution >= 0.6 is 0 Å². The average molecular weight is 443 g/mol. The molecule has 2 N–H and O–H groups in total. The molecule has 158 valence electrons. The van der Waals surface area contributed by atoms with E-state index in [1.54, 1.807) is 14.2 Å². The fourth-order valence-electron chi connectivity index (χ4n) is 3.66. The van der Waals surface area contributed by atoms with Crippen molar-refractivity contribution < 1.29 is 27.9 Å². The summed E-state index contributed by atoms with van der Waals surface area (Å²) in [6, 6.07) is 26.9. The summed E-state index contributed by atoms with van der Waals surface area (Å²) in [6.45, 7) is -0.907. The molecule has 3 rings (SSSR count). The molecule has 0 spiro atoms. The zero-order chi connectivity index (χ0) is 21.5. The highest BCUT2D eigenvalue weighted by Crippen LogP contribution is 2.11. The van der Waals surface area contributed by atoms with Crippen LogP contribution in [0.15, 0.2) is 84.9 Å². The van der Waals surface area contributed by atoms with Gasteiger partial charge in [0.05, 0.1) is 0 Å². The Morgan fingerprint density at radius 3 is 1.10 bits per heavy atom. The van der Waals surface area contributed by atoms with E-state index in [0.29, 0.717) is 0 Å². The smallest absolute Gasteiger partial charge is 0.391 e. The van der Waals surface area contributed by atoms with E-state index >= 15 is 0 Å². The van der Waals surface area contributed by atoms with E-state index in [9.17, 15) is 10.2 Å². The van der Waals surface area contributed by atoms with E-state index in [0.717, 1.165) is 20.7 Å². The molecule has 8 heteroatoms. The van der Waals surface area contributed by atoms with Crippen LogP contribution in [0.3, 0.4) is 0 Å². The first-order valence-electron chi connectivity index (χ1n) is 9.49. The first-order chi connectivity index (χ1) is 14.7. The maximum atomic E-state index is 9.57. The second-order valence-electron chi connectivity index (χ2n) is 6.50. The second kappa shape index (κ2) is 10.2. The van der Waals surface area contributed by atoms with Gasteiger partial charge in [0.15, 0.2) is 0 Å². The Labute approximate surface area is 178 Å². The Hall–Kier alpha value is -2.15. The van der Waals surface area contributed by atoms with Gasteiger partial charge in [0.25, 0.3) is 0 Å². The Morgan fingerprint density at radius 1 is 0.533 bits per heavy atom. The van der Waals surface area contributed by atoms with E-state index in [-0.39, 0.29) is 0 Å². The maximum Gasteiger partial charge on any atom is 0.408 e. The van der Waals surface area contributed by atoms with Gasteiger partial charge in [-0.15, -0.1) is 0 Å². The largest absolute Gasteiger partial charge is 0.408 e. The summed E-state index contributed by atoms with van der Waals surface area (Å²) in [5.41, 5.74) is 0. The molecule has 0 aromatic heterocycles. The lowest BCUT2D eigenvalue weighted by Gasteiger charge is -2.31. The second-order valence-corrected chi connectivity index (χ2v) is 12.7.